The molecule has 5 rings (SSSR count). The third-order valence-electron chi connectivity index (χ3n) is 7.40. The van der Waals surface area contributed by atoms with E-state index in [1.54, 1.807) is 0 Å². The second-order valence-corrected chi connectivity index (χ2v) is 10.1. The topological polar surface area (TPSA) is 69.2 Å². The molecule has 2 aliphatic carbocycles. The van der Waals surface area contributed by atoms with Gasteiger partial charge in [0.25, 0.3) is 0 Å². The fourth-order valence-corrected chi connectivity index (χ4v) is 5.81. The first-order valence-electron chi connectivity index (χ1n) is 11.6. The summed E-state index contributed by atoms with van der Waals surface area (Å²) in [5, 5.41) is 0. The minimum absolute atomic E-state index is 0.553. The van der Waals surface area contributed by atoms with Crippen molar-refractivity contribution in [3.63, 3.8) is 0 Å². The third-order valence-corrected chi connectivity index (χ3v) is 7.40. The van der Waals surface area contributed by atoms with Crippen LogP contribution in [0.1, 0.15) is 51.0 Å². The van der Waals surface area contributed by atoms with Crippen LogP contribution in [0.3, 0.4) is 0 Å². The summed E-state index contributed by atoms with van der Waals surface area (Å²) in [6.07, 6.45) is 7.78. The molecule has 6 heteroatoms. The number of rotatable bonds is 5. The Labute approximate surface area is 179 Å². The second-order valence-electron chi connectivity index (χ2n) is 10.1. The number of nitrogen functional groups attached to an aromatic ring is 1. The van der Waals surface area contributed by atoms with E-state index < -0.39 is 0 Å². The van der Waals surface area contributed by atoms with Crippen LogP contribution in [0.25, 0.3) is 11.3 Å². The number of nitrogens with zero attached hydrogens (tertiary/aromatic N) is 4. The van der Waals surface area contributed by atoms with Crippen LogP contribution in [0.15, 0.2) is 18.5 Å². The molecule has 2 aromatic heterocycles. The van der Waals surface area contributed by atoms with Crippen molar-refractivity contribution in [2.24, 2.45) is 17.8 Å². The zero-order valence-electron chi connectivity index (χ0n) is 18.7. The van der Waals surface area contributed by atoms with Crippen LogP contribution in [0.4, 0.5) is 5.82 Å². The van der Waals surface area contributed by atoms with Gasteiger partial charge >= 0.3 is 0 Å². The summed E-state index contributed by atoms with van der Waals surface area (Å²) in [5.41, 5.74) is 9.03. The molecular weight excluding hydrogens is 374 g/mol. The number of aromatic nitrogens is 3. The van der Waals surface area contributed by atoms with E-state index in [-0.39, 0.29) is 0 Å². The van der Waals surface area contributed by atoms with Crippen molar-refractivity contribution in [2.45, 2.75) is 65.1 Å². The maximum atomic E-state index is 5.92. The predicted molar refractivity (Wildman–Crippen MR) is 119 cm³/mol. The Morgan fingerprint density at radius 3 is 2.70 bits per heavy atom. The summed E-state index contributed by atoms with van der Waals surface area (Å²) < 4.78 is 8.16. The van der Waals surface area contributed by atoms with Crippen LogP contribution in [-0.2, 0) is 11.2 Å². The molecule has 0 radical (unpaired) electrons. The first-order chi connectivity index (χ1) is 14.4. The molecule has 5 atom stereocenters. The first-order valence-corrected chi connectivity index (χ1v) is 11.6. The minimum atomic E-state index is 0.553. The van der Waals surface area contributed by atoms with Gasteiger partial charge in [0.2, 0.25) is 0 Å². The number of ether oxygens (including phenoxy) is 1. The number of pyridine rings is 1. The number of aryl methyl sites for hydroxylation is 1. The zero-order valence-corrected chi connectivity index (χ0v) is 18.7. The van der Waals surface area contributed by atoms with Crippen LogP contribution in [0.2, 0.25) is 0 Å². The van der Waals surface area contributed by atoms with E-state index in [9.17, 15) is 0 Å². The maximum absolute atomic E-state index is 5.92. The fourth-order valence-electron chi connectivity index (χ4n) is 5.81. The molecule has 2 N–H and O–H groups in total. The summed E-state index contributed by atoms with van der Waals surface area (Å²) in [7, 11) is 0. The summed E-state index contributed by atoms with van der Waals surface area (Å²) in [5.74, 6) is 4.00. The van der Waals surface area contributed by atoms with Crippen molar-refractivity contribution >= 4 is 5.82 Å². The Balaban J connectivity index is 1.36. The number of imidazole rings is 1. The highest BCUT2D eigenvalue weighted by molar-refractivity contribution is 5.61. The average molecular weight is 410 g/mol. The number of morpholine rings is 1. The lowest BCUT2D eigenvalue weighted by Gasteiger charge is -2.38. The smallest absolute Gasteiger partial charge is 0.126 e. The monoisotopic (exact) mass is 409 g/mol. The molecule has 2 aromatic rings. The fraction of sp³-hybridized carbons (Fsp3) is 0.667. The number of hydrogen-bond donors (Lipinski definition) is 1. The molecule has 3 heterocycles. The van der Waals surface area contributed by atoms with Gasteiger partial charge in [-0.25, -0.2) is 9.97 Å². The van der Waals surface area contributed by atoms with Gasteiger partial charge in [-0.05, 0) is 56.1 Å². The Morgan fingerprint density at radius 1 is 1.27 bits per heavy atom. The van der Waals surface area contributed by atoms with Crippen LogP contribution >= 0.6 is 0 Å². The Hall–Kier alpha value is -1.92. The van der Waals surface area contributed by atoms with E-state index in [2.05, 4.69) is 47.5 Å². The number of hydrogen-bond acceptors (Lipinski definition) is 5. The van der Waals surface area contributed by atoms with E-state index in [1.165, 1.54) is 18.7 Å². The highest BCUT2D eigenvalue weighted by atomic mass is 16.5. The standard InChI is InChI=1S/C24H35N5O/c1-14(2)7-22-27-21(17-8-15(3)24(25)26-11-17)12-29(22)23-19-9-18(10-20(19)23)28-5-6-30-13-16(28)4/h8,11-12,14,16,18-20,23H,5-7,9-10,13H2,1-4H3,(H2,25,26)/t16?,18?,19-,20+,23?. The lowest BCUT2D eigenvalue weighted by Crippen LogP contribution is -2.49. The summed E-state index contributed by atoms with van der Waals surface area (Å²) in [6, 6.07) is 4.01. The lowest BCUT2D eigenvalue weighted by molar-refractivity contribution is -0.0236. The van der Waals surface area contributed by atoms with Crippen molar-refractivity contribution in [3.05, 3.63) is 29.8 Å². The number of fused-ring (bicyclic) bond motifs is 1. The summed E-state index contributed by atoms with van der Waals surface area (Å²) in [6.45, 7) is 11.7. The Morgan fingerprint density at radius 2 is 2.03 bits per heavy atom. The molecule has 3 unspecified atom stereocenters. The molecule has 1 aliphatic heterocycles. The highest BCUT2D eigenvalue weighted by Gasteiger charge is 2.58. The van der Waals surface area contributed by atoms with Gasteiger partial charge in [-0.1, -0.05) is 13.8 Å². The van der Waals surface area contributed by atoms with Gasteiger partial charge < -0.3 is 15.0 Å². The van der Waals surface area contributed by atoms with Gasteiger partial charge in [-0.2, -0.15) is 0 Å². The third kappa shape index (κ3) is 3.54. The van der Waals surface area contributed by atoms with Crippen LogP contribution < -0.4 is 5.73 Å². The van der Waals surface area contributed by atoms with Crippen molar-refractivity contribution in [3.8, 4) is 11.3 Å². The second kappa shape index (κ2) is 7.65. The highest BCUT2D eigenvalue weighted by Crippen LogP contribution is 2.62. The predicted octanol–water partition coefficient (Wildman–Crippen LogP) is 3.70. The molecular formula is C24H35N5O. The van der Waals surface area contributed by atoms with Gasteiger partial charge in [0.1, 0.15) is 11.6 Å². The number of anilines is 1. The van der Waals surface area contributed by atoms with E-state index in [0.29, 0.717) is 23.8 Å². The van der Waals surface area contributed by atoms with E-state index >= 15 is 0 Å². The van der Waals surface area contributed by atoms with Crippen molar-refractivity contribution < 1.29 is 4.74 Å². The minimum Gasteiger partial charge on any atom is -0.383 e. The van der Waals surface area contributed by atoms with Crippen molar-refractivity contribution in [1.29, 1.82) is 0 Å². The first kappa shape index (κ1) is 20.0. The summed E-state index contributed by atoms with van der Waals surface area (Å²) in [4.78, 5) is 12.1. The molecule has 30 heavy (non-hydrogen) atoms. The van der Waals surface area contributed by atoms with Crippen LogP contribution in [-0.4, -0.2) is 51.3 Å². The van der Waals surface area contributed by atoms with Crippen LogP contribution in [0.5, 0.6) is 0 Å². The summed E-state index contributed by atoms with van der Waals surface area (Å²) >= 11 is 0. The Bertz CT molecular complexity index is 910. The SMILES string of the molecule is Cc1cc(-c2cn(C3[C@H]4CC(N5CCOCC5C)C[C@@H]34)c(CC(C)C)n2)cnc1N. The van der Waals surface area contributed by atoms with Crippen molar-refractivity contribution in [1.82, 2.24) is 19.4 Å². The van der Waals surface area contributed by atoms with Gasteiger partial charge in [0.15, 0.2) is 0 Å². The van der Waals surface area contributed by atoms with E-state index in [0.717, 1.165) is 60.9 Å². The quantitative estimate of drug-likeness (QED) is 0.815. The largest absolute Gasteiger partial charge is 0.383 e. The van der Waals surface area contributed by atoms with Gasteiger partial charge in [0, 0.05) is 49.0 Å². The van der Waals surface area contributed by atoms with E-state index in [1.807, 2.05) is 13.1 Å². The zero-order chi connectivity index (χ0) is 21.0. The van der Waals surface area contributed by atoms with Gasteiger partial charge in [0.05, 0.1) is 18.9 Å². The lowest BCUT2D eigenvalue weighted by atomic mass is 10.1. The number of nitrogens with two attached hydrogens (primary N) is 1. The molecule has 1 saturated heterocycles. The maximum Gasteiger partial charge on any atom is 0.126 e. The normalized spacial score (nSPS) is 31.3. The molecule has 3 aliphatic rings. The molecule has 0 bridgehead atoms. The molecule has 0 amide bonds. The van der Waals surface area contributed by atoms with Crippen LogP contribution in [0, 0.1) is 24.7 Å². The molecule has 6 nitrogen and oxygen atoms in total. The molecule has 0 spiro atoms. The van der Waals surface area contributed by atoms with Gasteiger partial charge in [-0.15, -0.1) is 0 Å². The molecule has 3 fully saturated rings. The molecule has 2 saturated carbocycles. The van der Waals surface area contributed by atoms with Crippen molar-refractivity contribution in [2.75, 3.05) is 25.5 Å². The Kier molecular flexibility index (Phi) is 5.10. The average Bonchev–Trinajstić information content (AvgIpc) is 3.04. The van der Waals surface area contributed by atoms with Gasteiger partial charge in [-0.3, -0.25) is 4.90 Å². The molecule has 162 valence electrons. The molecule has 0 aromatic carbocycles. The van der Waals surface area contributed by atoms with E-state index in [4.69, 9.17) is 15.5 Å².